The van der Waals surface area contributed by atoms with E-state index in [4.69, 9.17) is 26.2 Å². The zero-order valence-corrected chi connectivity index (χ0v) is 15.3. The van der Waals surface area contributed by atoms with Crippen molar-refractivity contribution in [2.75, 3.05) is 6.61 Å². The van der Waals surface area contributed by atoms with Crippen LogP contribution in [0.5, 0.6) is 11.5 Å². The quantitative estimate of drug-likeness (QED) is 0.638. The van der Waals surface area contributed by atoms with Crippen LogP contribution in [-0.4, -0.2) is 17.7 Å². The summed E-state index contributed by atoms with van der Waals surface area (Å²) in [4.78, 5) is 10.7. The molecule has 2 aromatic rings. The maximum absolute atomic E-state index is 10.7. The first kappa shape index (κ1) is 18.4. The Balaban J connectivity index is 2.25. The smallest absolute Gasteiger partial charge is 0.328 e. The molecule has 0 atom stereocenters. The highest BCUT2D eigenvalue weighted by Crippen LogP contribution is 2.38. The topological polar surface area (TPSA) is 55.8 Å². The van der Waals surface area contributed by atoms with E-state index in [-0.39, 0.29) is 0 Å². The molecular weight excluding hydrogens is 396 g/mol. The van der Waals surface area contributed by atoms with Gasteiger partial charge in [-0.3, -0.25) is 0 Å². The largest absolute Gasteiger partial charge is 0.490 e. The van der Waals surface area contributed by atoms with E-state index in [2.05, 4.69) is 15.9 Å². The van der Waals surface area contributed by atoms with Crippen molar-refractivity contribution in [3.05, 3.63) is 63.1 Å². The number of carboxylic acid groups (broad SMARTS) is 1. The van der Waals surface area contributed by atoms with E-state index in [9.17, 15) is 4.79 Å². The number of carboxylic acids is 1. The molecule has 0 heterocycles. The van der Waals surface area contributed by atoms with Gasteiger partial charge in [-0.1, -0.05) is 23.7 Å². The van der Waals surface area contributed by atoms with Crippen molar-refractivity contribution in [3.63, 3.8) is 0 Å². The van der Waals surface area contributed by atoms with Crippen LogP contribution in [0.2, 0.25) is 5.02 Å². The van der Waals surface area contributed by atoms with Crippen LogP contribution in [0.15, 0.2) is 46.9 Å². The molecule has 0 saturated carbocycles. The van der Waals surface area contributed by atoms with Gasteiger partial charge in [0, 0.05) is 11.1 Å². The molecular formula is C18H16BrClO4. The van der Waals surface area contributed by atoms with Crippen molar-refractivity contribution < 1.29 is 19.4 Å². The SMILES string of the molecule is CCOc1cc(/C=C/C(=O)O)cc(Br)c1OCc1cccc(Cl)c1. The summed E-state index contributed by atoms with van der Waals surface area (Å²) < 4.78 is 12.2. The van der Waals surface area contributed by atoms with Gasteiger partial charge in [0.2, 0.25) is 0 Å². The second kappa shape index (κ2) is 8.76. The number of halogens is 2. The van der Waals surface area contributed by atoms with Gasteiger partial charge in [0.15, 0.2) is 11.5 Å². The summed E-state index contributed by atoms with van der Waals surface area (Å²) in [5, 5.41) is 9.39. The van der Waals surface area contributed by atoms with Crippen LogP contribution < -0.4 is 9.47 Å². The standard InChI is InChI=1S/C18H16BrClO4/c1-2-23-16-10-12(6-7-17(21)22)9-15(19)18(16)24-11-13-4-3-5-14(20)8-13/h3-10H,2,11H2,1H3,(H,21,22)/b7-6+. The van der Waals surface area contributed by atoms with Crippen molar-refractivity contribution in [1.29, 1.82) is 0 Å². The minimum Gasteiger partial charge on any atom is -0.490 e. The summed E-state index contributed by atoms with van der Waals surface area (Å²) in [6, 6.07) is 10.9. The Morgan fingerprint density at radius 1 is 1.29 bits per heavy atom. The first-order valence-electron chi connectivity index (χ1n) is 7.24. The number of rotatable bonds is 7. The van der Waals surface area contributed by atoms with Crippen LogP contribution in [0, 0.1) is 0 Å². The molecule has 2 aromatic carbocycles. The lowest BCUT2D eigenvalue weighted by molar-refractivity contribution is -0.131. The second-order valence-corrected chi connectivity index (χ2v) is 6.14. The maximum Gasteiger partial charge on any atom is 0.328 e. The van der Waals surface area contributed by atoms with Crippen LogP contribution in [0.1, 0.15) is 18.1 Å². The summed E-state index contributed by atoms with van der Waals surface area (Å²) in [6.45, 7) is 2.67. The third-order valence-corrected chi connectivity index (χ3v) is 3.85. The van der Waals surface area contributed by atoms with Crippen LogP contribution in [0.3, 0.4) is 0 Å². The molecule has 0 aliphatic rings. The molecule has 1 N–H and O–H groups in total. The van der Waals surface area contributed by atoms with Gasteiger partial charge in [0.1, 0.15) is 6.61 Å². The van der Waals surface area contributed by atoms with Gasteiger partial charge >= 0.3 is 5.97 Å². The van der Waals surface area contributed by atoms with Crippen LogP contribution in [-0.2, 0) is 11.4 Å². The lowest BCUT2D eigenvalue weighted by Gasteiger charge is -2.15. The number of benzene rings is 2. The molecule has 0 spiro atoms. The van der Waals surface area contributed by atoms with Gasteiger partial charge in [0.25, 0.3) is 0 Å². The Labute approximate surface area is 153 Å². The Hall–Kier alpha value is -1.98. The van der Waals surface area contributed by atoms with Crippen molar-refractivity contribution in [2.45, 2.75) is 13.5 Å². The number of hydrogen-bond acceptors (Lipinski definition) is 3. The number of carbonyl (C=O) groups is 1. The number of aliphatic carboxylic acids is 1. The Morgan fingerprint density at radius 2 is 2.08 bits per heavy atom. The third-order valence-electron chi connectivity index (χ3n) is 3.02. The summed E-state index contributed by atoms with van der Waals surface area (Å²) in [6.07, 6.45) is 2.57. The molecule has 4 nitrogen and oxygen atoms in total. The highest BCUT2D eigenvalue weighted by atomic mass is 79.9. The molecule has 0 bridgehead atoms. The van der Waals surface area contributed by atoms with Gasteiger partial charge < -0.3 is 14.6 Å². The normalized spacial score (nSPS) is 10.8. The fourth-order valence-electron chi connectivity index (χ4n) is 2.04. The van der Waals surface area contributed by atoms with Gasteiger partial charge in [-0.05, 0) is 64.3 Å². The molecule has 126 valence electrons. The molecule has 0 fully saturated rings. The Bertz CT molecular complexity index is 759. The van der Waals surface area contributed by atoms with Crippen LogP contribution in [0.4, 0.5) is 0 Å². The van der Waals surface area contributed by atoms with Crippen molar-refractivity contribution in [3.8, 4) is 11.5 Å². The predicted octanol–water partition coefficient (Wildman–Crippen LogP) is 5.18. The molecule has 0 aromatic heterocycles. The fourth-order valence-corrected chi connectivity index (χ4v) is 2.82. The fraction of sp³-hybridized carbons (Fsp3) is 0.167. The number of ether oxygens (including phenoxy) is 2. The first-order valence-corrected chi connectivity index (χ1v) is 8.41. The van der Waals surface area contributed by atoms with Crippen molar-refractivity contribution in [1.82, 2.24) is 0 Å². The number of hydrogen-bond donors (Lipinski definition) is 1. The highest BCUT2D eigenvalue weighted by Gasteiger charge is 2.12. The zero-order chi connectivity index (χ0) is 17.5. The third kappa shape index (κ3) is 5.28. The molecule has 0 aliphatic carbocycles. The van der Waals surface area contributed by atoms with Gasteiger partial charge in [-0.2, -0.15) is 0 Å². The second-order valence-electron chi connectivity index (χ2n) is 4.85. The predicted molar refractivity (Wildman–Crippen MR) is 97.8 cm³/mol. The molecule has 0 amide bonds. The van der Waals surface area contributed by atoms with E-state index in [1.807, 2.05) is 25.1 Å². The van der Waals surface area contributed by atoms with Crippen LogP contribution >= 0.6 is 27.5 Å². The van der Waals surface area contributed by atoms with Gasteiger partial charge in [-0.25, -0.2) is 4.79 Å². The minimum atomic E-state index is -1.01. The van der Waals surface area contributed by atoms with E-state index in [1.54, 1.807) is 18.2 Å². The van der Waals surface area contributed by atoms with E-state index >= 15 is 0 Å². The molecule has 2 rings (SSSR count). The first-order chi connectivity index (χ1) is 11.5. The molecule has 0 saturated heterocycles. The van der Waals surface area contributed by atoms with E-state index in [1.165, 1.54) is 6.08 Å². The molecule has 24 heavy (non-hydrogen) atoms. The monoisotopic (exact) mass is 410 g/mol. The molecule has 0 aliphatic heterocycles. The Kier molecular flexibility index (Phi) is 6.70. The van der Waals surface area contributed by atoms with Crippen LogP contribution in [0.25, 0.3) is 6.08 Å². The average Bonchev–Trinajstić information content (AvgIpc) is 2.52. The summed E-state index contributed by atoms with van der Waals surface area (Å²) >= 11 is 9.43. The van der Waals surface area contributed by atoms with E-state index < -0.39 is 5.97 Å². The summed E-state index contributed by atoms with van der Waals surface area (Å²) in [5.74, 6) is 0.0913. The Morgan fingerprint density at radius 3 is 2.75 bits per heavy atom. The van der Waals surface area contributed by atoms with Crippen molar-refractivity contribution >= 4 is 39.6 Å². The summed E-state index contributed by atoms with van der Waals surface area (Å²) in [7, 11) is 0. The molecule has 6 heteroatoms. The van der Waals surface area contributed by atoms with Crippen molar-refractivity contribution in [2.24, 2.45) is 0 Å². The average molecular weight is 412 g/mol. The lowest BCUT2D eigenvalue weighted by atomic mass is 10.2. The van der Waals surface area contributed by atoms with Gasteiger partial charge in [-0.15, -0.1) is 0 Å². The van der Waals surface area contributed by atoms with Gasteiger partial charge in [0.05, 0.1) is 11.1 Å². The minimum absolute atomic E-state index is 0.337. The zero-order valence-electron chi connectivity index (χ0n) is 13.0. The molecule has 0 radical (unpaired) electrons. The maximum atomic E-state index is 10.7. The van der Waals surface area contributed by atoms with E-state index in [0.717, 1.165) is 11.6 Å². The highest BCUT2D eigenvalue weighted by molar-refractivity contribution is 9.10. The van der Waals surface area contributed by atoms with E-state index in [0.29, 0.717) is 39.8 Å². The molecule has 0 unspecified atom stereocenters. The lowest BCUT2D eigenvalue weighted by Crippen LogP contribution is -2.01. The summed E-state index contributed by atoms with van der Waals surface area (Å²) in [5.41, 5.74) is 1.63.